The number of carbonyl (C=O) groups excluding carboxylic acids is 1. The van der Waals surface area contributed by atoms with Crippen LogP contribution in [0.5, 0.6) is 0 Å². The van der Waals surface area contributed by atoms with E-state index in [1.807, 2.05) is 0 Å². The van der Waals surface area contributed by atoms with Crippen molar-refractivity contribution in [3.63, 3.8) is 0 Å². The van der Waals surface area contributed by atoms with E-state index in [0.29, 0.717) is 6.04 Å². The highest BCUT2D eigenvalue weighted by Gasteiger charge is 2.25. The van der Waals surface area contributed by atoms with Gasteiger partial charge in [-0.25, -0.2) is 0 Å². The molecule has 2 aliphatic rings. The third kappa shape index (κ3) is 2.69. The molecule has 2 fully saturated rings. The van der Waals surface area contributed by atoms with E-state index in [9.17, 15) is 4.79 Å². The van der Waals surface area contributed by atoms with Gasteiger partial charge in [-0.3, -0.25) is 9.69 Å². The molecule has 0 saturated carbocycles. The maximum absolute atomic E-state index is 11.6. The van der Waals surface area contributed by atoms with E-state index in [1.165, 1.54) is 25.9 Å². The van der Waals surface area contributed by atoms with Crippen molar-refractivity contribution in [1.82, 2.24) is 15.5 Å². The van der Waals surface area contributed by atoms with Crippen molar-refractivity contribution in [3.05, 3.63) is 0 Å². The van der Waals surface area contributed by atoms with Gasteiger partial charge in [0.05, 0.1) is 5.92 Å². The zero-order valence-electron chi connectivity index (χ0n) is 9.46. The Morgan fingerprint density at radius 3 is 2.67 bits per heavy atom. The first kappa shape index (κ1) is 10.9. The van der Waals surface area contributed by atoms with E-state index in [2.05, 4.69) is 22.5 Å². The summed E-state index contributed by atoms with van der Waals surface area (Å²) in [4.78, 5) is 14.0. The van der Waals surface area contributed by atoms with Crippen molar-refractivity contribution < 1.29 is 4.79 Å². The maximum Gasteiger partial charge on any atom is 0.225 e. The van der Waals surface area contributed by atoms with E-state index in [-0.39, 0.29) is 11.8 Å². The standard InChI is InChI=1S/C11H21N3O/c1-9(14-4-2-3-5-14)6-13-11(15)10-7-12-8-10/h9-10,12H,2-8H2,1H3,(H,13,15). The van der Waals surface area contributed by atoms with Crippen LogP contribution >= 0.6 is 0 Å². The van der Waals surface area contributed by atoms with Gasteiger partial charge < -0.3 is 10.6 Å². The Balaban J connectivity index is 1.65. The summed E-state index contributed by atoms with van der Waals surface area (Å²) < 4.78 is 0. The lowest BCUT2D eigenvalue weighted by Crippen LogP contribution is -2.52. The van der Waals surface area contributed by atoms with Gasteiger partial charge in [0, 0.05) is 25.7 Å². The van der Waals surface area contributed by atoms with E-state index >= 15 is 0 Å². The minimum absolute atomic E-state index is 0.218. The van der Waals surface area contributed by atoms with Gasteiger partial charge in [-0.2, -0.15) is 0 Å². The number of likely N-dealkylation sites (tertiary alicyclic amines) is 1. The fourth-order valence-electron chi connectivity index (χ4n) is 2.18. The number of amides is 1. The molecule has 86 valence electrons. The molecule has 0 spiro atoms. The Morgan fingerprint density at radius 2 is 2.13 bits per heavy atom. The van der Waals surface area contributed by atoms with Gasteiger partial charge in [0.1, 0.15) is 0 Å². The Kier molecular flexibility index (Phi) is 3.59. The van der Waals surface area contributed by atoms with Crippen LogP contribution < -0.4 is 10.6 Å². The normalized spacial score (nSPS) is 24.9. The number of carbonyl (C=O) groups is 1. The summed E-state index contributed by atoms with van der Waals surface area (Å²) in [6, 6.07) is 0.490. The van der Waals surface area contributed by atoms with Crippen LogP contribution in [0.1, 0.15) is 19.8 Å². The Morgan fingerprint density at radius 1 is 1.47 bits per heavy atom. The molecule has 2 heterocycles. The van der Waals surface area contributed by atoms with Gasteiger partial charge in [0.2, 0.25) is 5.91 Å². The second-order valence-electron chi connectivity index (χ2n) is 4.69. The Hall–Kier alpha value is -0.610. The fraction of sp³-hybridized carbons (Fsp3) is 0.909. The quantitative estimate of drug-likeness (QED) is 0.677. The summed E-state index contributed by atoms with van der Waals surface area (Å²) in [5, 5.41) is 6.15. The third-order valence-electron chi connectivity index (χ3n) is 3.49. The predicted molar refractivity (Wildman–Crippen MR) is 59.6 cm³/mol. The van der Waals surface area contributed by atoms with Crippen molar-refractivity contribution in [2.24, 2.45) is 5.92 Å². The minimum atomic E-state index is 0.218. The third-order valence-corrected chi connectivity index (χ3v) is 3.49. The van der Waals surface area contributed by atoms with E-state index in [4.69, 9.17) is 0 Å². The Bertz CT molecular complexity index is 222. The molecular weight excluding hydrogens is 190 g/mol. The monoisotopic (exact) mass is 211 g/mol. The van der Waals surface area contributed by atoms with Crippen LogP contribution in [0.3, 0.4) is 0 Å². The van der Waals surface area contributed by atoms with Crippen molar-refractivity contribution in [2.75, 3.05) is 32.7 Å². The second-order valence-corrected chi connectivity index (χ2v) is 4.69. The lowest BCUT2D eigenvalue weighted by atomic mass is 10.0. The number of hydrogen-bond acceptors (Lipinski definition) is 3. The van der Waals surface area contributed by atoms with Gasteiger partial charge in [-0.05, 0) is 32.9 Å². The number of hydrogen-bond donors (Lipinski definition) is 2. The van der Waals surface area contributed by atoms with Crippen LogP contribution in [-0.2, 0) is 4.79 Å². The van der Waals surface area contributed by atoms with Crippen molar-refractivity contribution in [1.29, 1.82) is 0 Å². The molecule has 1 atom stereocenters. The van der Waals surface area contributed by atoms with Crippen molar-refractivity contribution >= 4 is 5.91 Å². The molecule has 0 bridgehead atoms. The van der Waals surface area contributed by atoms with Crippen LogP contribution in [0.2, 0.25) is 0 Å². The molecule has 4 nitrogen and oxygen atoms in total. The van der Waals surface area contributed by atoms with Gasteiger partial charge in [0.15, 0.2) is 0 Å². The highest BCUT2D eigenvalue weighted by Crippen LogP contribution is 2.11. The molecule has 0 aliphatic carbocycles. The lowest BCUT2D eigenvalue weighted by Gasteiger charge is -2.28. The topological polar surface area (TPSA) is 44.4 Å². The molecule has 0 radical (unpaired) electrons. The van der Waals surface area contributed by atoms with Gasteiger partial charge in [0.25, 0.3) is 0 Å². The molecule has 2 rings (SSSR count). The summed E-state index contributed by atoms with van der Waals surface area (Å²) >= 11 is 0. The number of nitrogens with zero attached hydrogens (tertiary/aromatic N) is 1. The first-order chi connectivity index (χ1) is 7.27. The number of rotatable bonds is 4. The zero-order chi connectivity index (χ0) is 10.7. The summed E-state index contributed by atoms with van der Waals surface area (Å²) in [5.74, 6) is 0.440. The molecule has 15 heavy (non-hydrogen) atoms. The summed E-state index contributed by atoms with van der Waals surface area (Å²) in [5.41, 5.74) is 0. The largest absolute Gasteiger partial charge is 0.354 e. The second kappa shape index (κ2) is 4.94. The molecule has 1 amide bonds. The van der Waals surface area contributed by atoms with Crippen molar-refractivity contribution in [2.45, 2.75) is 25.8 Å². The highest BCUT2D eigenvalue weighted by atomic mass is 16.2. The van der Waals surface area contributed by atoms with Crippen molar-refractivity contribution in [3.8, 4) is 0 Å². The summed E-state index contributed by atoms with van der Waals surface area (Å²) in [6.07, 6.45) is 2.62. The molecule has 2 aliphatic heterocycles. The van der Waals surface area contributed by atoms with E-state index in [1.54, 1.807) is 0 Å². The van der Waals surface area contributed by atoms with Gasteiger partial charge in [-0.15, -0.1) is 0 Å². The van der Waals surface area contributed by atoms with Crippen LogP contribution in [0.15, 0.2) is 0 Å². The molecule has 1 unspecified atom stereocenters. The first-order valence-corrected chi connectivity index (χ1v) is 6.00. The van der Waals surface area contributed by atoms with Crippen LogP contribution in [0.25, 0.3) is 0 Å². The maximum atomic E-state index is 11.6. The van der Waals surface area contributed by atoms with Gasteiger partial charge in [-0.1, -0.05) is 0 Å². The van der Waals surface area contributed by atoms with E-state index in [0.717, 1.165) is 19.6 Å². The smallest absolute Gasteiger partial charge is 0.225 e. The van der Waals surface area contributed by atoms with Gasteiger partial charge >= 0.3 is 0 Å². The minimum Gasteiger partial charge on any atom is -0.354 e. The fourth-order valence-corrected chi connectivity index (χ4v) is 2.18. The highest BCUT2D eigenvalue weighted by molar-refractivity contribution is 5.80. The molecule has 2 N–H and O–H groups in total. The SMILES string of the molecule is CC(CNC(=O)C1CNC1)N1CCCC1. The molecule has 0 aromatic heterocycles. The molecule has 0 aromatic rings. The summed E-state index contributed by atoms with van der Waals surface area (Å²) in [7, 11) is 0. The molecular formula is C11H21N3O. The van der Waals surface area contributed by atoms with Crippen LogP contribution in [0.4, 0.5) is 0 Å². The molecule has 0 aromatic carbocycles. The van der Waals surface area contributed by atoms with E-state index < -0.39 is 0 Å². The zero-order valence-corrected chi connectivity index (χ0v) is 9.46. The molecule has 2 saturated heterocycles. The Labute approximate surface area is 91.4 Å². The van der Waals surface area contributed by atoms with Crippen LogP contribution in [0, 0.1) is 5.92 Å². The lowest BCUT2D eigenvalue weighted by molar-refractivity contribution is -0.126. The first-order valence-electron chi connectivity index (χ1n) is 6.00. The summed E-state index contributed by atoms with van der Waals surface area (Å²) in [6.45, 7) is 7.10. The van der Waals surface area contributed by atoms with Crippen LogP contribution in [-0.4, -0.2) is 49.6 Å². The molecule has 4 heteroatoms. The predicted octanol–water partition coefficient (Wildman–Crippen LogP) is -0.194. The average Bonchev–Trinajstić information content (AvgIpc) is 2.63. The average molecular weight is 211 g/mol. The number of nitrogens with one attached hydrogen (secondary N) is 2.